The second kappa shape index (κ2) is 8.36. The fourth-order valence-corrected chi connectivity index (χ4v) is 3.62. The van der Waals surface area contributed by atoms with Crippen LogP contribution in [0.4, 0.5) is 5.69 Å². The summed E-state index contributed by atoms with van der Waals surface area (Å²) in [5.74, 6) is 0.250. The first-order chi connectivity index (χ1) is 12.5. The van der Waals surface area contributed by atoms with Gasteiger partial charge in [-0.2, -0.15) is 0 Å². The summed E-state index contributed by atoms with van der Waals surface area (Å²) in [6.45, 7) is 5.66. The minimum absolute atomic E-state index is 0.0409. The normalized spacial score (nSPS) is 13.7. The number of aromatic nitrogens is 1. The fourth-order valence-electron chi connectivity index (χ4n) is 2.97. The van der Waals surface area contributed by atoms with Crippen molar-refractivity contribution in [2.75, 3.05) is 24.2 Å². The van der Waals surface area contributed by atoms with Crippen LogP contribution in [0.25, 0.3) is 0 Å². The zero-order valence-corrected chi connectivity index (χ0v) is 15.9. The maximum Gasteiger partial charge on any atom is 0.255 e. The zero-order valence-electron chi connectivity index (χ0n) is 15.1. The first-order valence-corrected chi connectivity index (χ1v) is 9.77. The first-order valence-electron chi connectivity index (χ1n) is 8.78. The molecule has 2 heterocycles. The molecule has 2 aromatic rings. The second-order valence-electron chi connectivity index (χ2n) is 6.54. The highest BCUT2D eigenvalue weighted by atomic mass is 32.2. The number of likely N-dealkylation sites (tertiary alicyclic amines) is 1. The number of aryl methyl sites for hydroxylation is 2. The van der Waals surface area contributed by atoms with Crippen LogP contribution in [0.3, 0.4) is 0 Å². The molecule has 136 valence electrons. The molecule has 0 radical (unpaired) electrons. The quantitative estimate of drug-likeness (QED) is 0.817. The van der Waals surface area contributed by atoms with Crippen molar-refractivity contribution in [3.63, 3.8) is 0 Å². The van der Waals surface area contributed by atoms with E-state index in [2.05, 4.69) is 10.3 Å². The molecule has 0 bridgehead atoms. The van der Waals surface area contributed by atoms with Gasteiger partial charge in [0.2, 0.25) is 5.91 Å². The lowest BCUT2D eigenvalue weighted by molar-refractivity contribution is -0.113. The van der Waals surface area contributed by atoms with E-state index in [0.717, 1.165) is 42.2 Å². The number of nitrogens with zero attached hydrogens (tertiary/aromatic N) is 2. The first kappa shape index (κ1) is 18.5. The molecule has 5 nitrogen and oxygen atoms in total. The Kier molecular flexibility index (Phi) is 5.93. The van der Waals surface area contributed by atoms with Gasteiger partial charge in [0.15, 0.2) is 0 Å². The minimum atomic E-state index is -0.0685. The van der Waals surface area contributed by atoms with Crippen molar-refractivity contribution in [2.45, 2.75) is 31.7 Å². The van der Waals surface area contributed by atoms with Crippen molar-refractivity contribution >= 4 is 29.3 Å². The van der Waals surface area contributed by atoms with E-state index in [1.54, 1.807) is 18.3 Å². The van der Waals surface area contributed by atoms with Gasteiger partial charge in [-0.25, -0.2) is 4.98 Å². The highest BCUT2D eigenvalue weighted by molar-refractivity contribution is 7.99. The molecular weight excluding hydrogens is 346 g/mol. The van der Waals surface area contributed by atoms with Gasteiger partial charge in [-0.3, -0.25) is 9.59 Å². The lowest BCUT2D eigenvalue weighted by atomic mass is 10.1. The van der Waals surface area contributed by atoms with Crippen molar-refractivity contribution in [3.8, 4) is 0 Å². The van der Waals surface area contributed by atoms with Gasteiger partial charge >= 0.3 is 0 Å². The number of hydrogen-bond donors (Lipinski definition) is 1. The number of carbonyl (C=O) groups is 2. The van der Waals surface area contributed by atoms with Crippen LogP contribution >= 0.6 is 11.8 Å². The van der Waals surface area contributed by atoms with E-state index in [4.69, 9.17) is 0 Å². The van der Waals surface area contributed by atoms with E-state index in [-0.39, 0.29) is 17.6 Å². The maximum absolute atomic E-state index is 12.3. The highest BCUT2D eigenvalue weighted by Crippen LogP contribution is 2.20. The molecular formula is C20H23N3O2S. The molecule has 1 aromatic heterocycles. The van der Waals surface area contributed by atoms with E-state index in [1.165, 1.54) is 17.3 Å². The molecule has 0 aliphatic carbocycles. The van der Waals surface area contributed by atoms with E-state index < -0.39 is 0 Å². The van der Waals surface area contributed by atoms with Crippen LogP contribution in [0.2, 0.25) is 0 Å². The maximum atomic E-state index is 12.3. The van der Waals surface area contributed by atoms with E-state index in [0.29, 0.717) is 5.56 Å². The average Bonchev–Trinajstić information content (AvgIpc) is 3.17. The SMILES string of the molecule is Cc1ccc(NC(=O)CSc2ccc(C(=O)N3CCCC3)cn2)c(C)c1. The molecule has 1 aromatic carbocycles. The molecule has 1 aliphatic heterocycles. The van der Waals surface area contributed by atoms with E-state index in [9.17, 15) is 9.59 Å². The van der Waals surface area contributed by atoms with Gasteiger partial charge in [-0.15, -0.1) is 0 Å². The Balaban J connectivity index is 1.52. The van der Waals surface area contributed by atoms with E-state index in [1.807, 2.05) is 36.9 Å². The predicted octanol–water partition coefficient (Wildman–Crippen LogP) is 3.67. The molecule has 1 saturated heterocycles. The Morgan fingerprint density at radius 1 is 1.15 bits per heavy atom. The van der Waals surface area contributed by atoms with Gasteiger partial charge in [0.25, 0.3) is 5.91 Å². The number of hydrogen-bond acceptors (Lipinski definition) is 4. The second-order valence-corrected chi connectivity index (χ2v) is 7.54. The van der Waals surface area contributed by atoms with Crippen molar-refractivity contribution in [3.05, 3.63) is 53.2 Å². The number of amides is 2. The summed E-state index contributed by atoms with van der Waals surface area (Å²) in [5, 5.41) is 3.66. The van der Waals surface area contributed by atoms with Crippen LogP contribution in [0.1, 0.15) is 34.3 Å². The molecule has 2 amide bonds. The lowest BCUT2D eigenvalue weighted by Crippen LogP contribution is -2.27. The summed E-state index contributed by atoms with van der Waals surface area (Å²) in [6.07, 6.45) is 3.75. The van der Waals surface area contributed by atoms with Crippen molar-refractivity contribution in [1.29, 1.82) is 0 Å². The number of carbonyl (C=O) groups excluding carboxylic acids is 2. The predicted molar refractivity (Wildman–Crippen MR) is 105 cm³/mol. The van der Waals surface area contributed by atoms with Gasteiger partial charge in [-0.1, -0.05) is 29.5 Å². The number of benzene rings is 1. The largest absolute Gasteiger partial charge is 0.339 e. The summed E-state index contributed by atoms with van der Waals surface area (Å²) in [7, 11) is 0. The summed E-state index contributed by atoms with van der Waals surface area (Å²) >= 11 is 1.36. The number of thioether (sulfide) groups is 1. The summed E-state index contributed by atoms with van der Waals surface area (Å²) in [5.41, 5.74) is 3.66. The Morgan fingerprint density at radius 2 is 1.92 bits per heavy atom. The highest BCUT2D eigenvalue weighted by Gasteiger charge is 2.19. The molecule has 0 saturated carbocycles. The van der Waals surface area contributed by atoms with Gasteiger partial charge in [0, 0.05) is 25.0 Å². The molecule has 0 spiro atoms. The third kappa shape index (κ3) is 4.64. The van der Waals surface area contributed by atoms with Crippen LogP contribution in [0, 0.1) is 13.8 Å². The molecule has 0 unspecified atom stereocenters. The topological polar surface area (TPSA) is 62.3 Å². The number of anilines is 1. The van der Waals surface area contributed by atoms with Crippen LogP contribution in [-0.2, 0) is 4.79 Å². The average molecular weight is 369 g/mol. The summed E-state index contributed by atoms with van der Waals surface area (Å²) in [4.78, 5) is 30.6. The minimum Gasteiger partial charge on any atom is -0.339 e. The molecule has 1 aliphatic rings. The van der Waals surface area contributed by atoms with Crippen molar-refractivity contribution in [1.82, 2.24) is 9.88 Å². The smallest absolute Gasteiger partial charge is 0.255 e. The molecule has 3 rings (SSSR count). The molecule has 6 heteroatoms. The van der Waals surface area contributed by atoms with Gasteiger partial charge in [-0.05, 0) is 50.5 Å². The molecule has 0 atom stereocenters. The number of rotatable bonds is 5. The van der Waals surface area contributed by atoms with Gasteiger partial charge in [0.1, 0.15) is 0 Å². The number of nitrogens with one attached hydrogen (secondary N) is 1. The lowest BCUT2D eigenvalue weighted by Gasteiger charge is -2.14. The van der Waals surface area contributed by atoms with Crippen LogP contribution in [-0.4, -0.2) is 40.5 Å². The van der Waals surface area contributed by atoms with Crippen LogP contribution in [0.5, 0.6) is 0 Å². The standard InChI is InChI=1S/C20H23N3O2S/c1-14-5-7-17(15(2)11-14)22-18(24)13-26-19-8-6-16(12-21-19)20(25)23-9-3-4-10-23/h5-8,11-12H,3-4,9-10,13H2,1-2H3,(H,22,24). The van der Waals surface area contributed by atoms with Gasteiger partial charge in [0.05, 0.1) is 16.3 Å². The fraction of sp³-hybridized carbons (Fsp3) is 0.350. The Morgan fingerprint density at radius 3 is 2.58 bits per heavy atom. The molecule has 26 heavy (non-hydrogen) atoms. The van der Waals surface area contributed by atoms with E-state index >= 15 is 0 Å². The Bertz CT molecular complexity index is 799. The zero-order chi connectivity index (χ0) is 18.5. The summed E-state index contributed by atoms with van der Waals surface area (Å²) < 4.78 is 0. The number of pyridine rings is 1. The van der Waals surface area contributed by atoms with Crippen molar-refractivity contribution in [2.24, 2.45) is 0 Å². The van der Waals surface area contributed by atoms with Crippen LogP contribution in [0.15, 0.2) is 41.6 Å². The van der Waals surface area contributed by atoms with Gasteiger partial charge < -0.3 is 10.2 Å². The Labute approximate surface area is 158 Å². The molecule has 1 N–H and O–H groups in total. The van der Waals surface area contributed by atoms with Crippen molar-refractivity contribution < 1.29 is 9.59 Å². The van der Waals surface area contributed by atoms with Crippen LogP contribution < -0.4 is 5.32 Å². The Hall–Kier alpha value is -2.34. The summed E-state index contributed by atoms with van der Waals surface area (Å²) in [6, 6.07) is 9.54. The molecule has 1 fully saturated rings. The third-order valence-electron chi connectivity index (χ3n) is 4.38. The monoisotopic (exact) mass is 369 g/mol. The third-order valence-corrected chi connectivity index (χ3v) is 5.33.